The number of hydrogen-bond acceptors (Lipinski definition) is 6. The van der Waals surface area contributed by atoms with Crippen molar-refractivity contribution in [3.05, 3.63) is 24.3 Å². The highest BCUT2D eigenvalue weighted by Crippen LogP contribution is 2.13. The maximum absolute atomic E-state index is 11.8. The smallest absolute Gasteiger partial charge is 0.244 e. The normalized spacial score (nSPS) is 15.5. The predicted molar refractivity (Wildman–Crippen MR) is 132 cm³/mol. The van der Waals surface area contributed by atoms with Crippen molar-refractivity contribution in [1.29, 1.82) is 0 Å². The van der Waals surface area contributed by atoms with Crippen molar-refractivity contribution in [3.8, 4) is 0 Å². The monoisotopic (exact) mass is 469 g/mol. The van der Waals surface area contributed by atoms with Gasteiger partial charge < -0.3 is 30.5 Å². The van der Waals surface area contributed by atoms with Crippen molar-refractivity contribution in [2.45, 2.75) is 121 Å². The number of nitrogens with one attached hydrogen (secondary N) is 1. The van der Waals surface area contributed by atoms with E-state index < -0.39 is 36.9 Å². The lowest BCUT2D eigenvalue weighted by molar-refractivity contribution is -0.128. The van der Waals surface area contributed by atoms with Crippen LogP contribution in [-0.2, 0) is 9.59 Å². The van der Waals surface area contributed by atoms with Gasteiger partial charge >= 0.3 is 0 Å². The quantitative estimate of drug-likeness (QED) is 0.0716. The van der Waals surface area contributed by atoms with Gasteiger partial charge in [-0.3, -0.25) is 4.79 Å². The van der Waals surface area contributed by atoms with Crippen molar-refractivity contribution >= 4 is 12.2 Å². The van der Waals surface area contributed by atoms with Crippen molar-refractivity contribution in [2.75, 3.05) is 6.61 Å². The number of unbranched alkanes of at least 4 members (excludes halogenated alkanes) is 13. The Kier molecular flexibility index (Phi) is 21.2. The Morgan fingerprint density at radius 1 is 0.788 bits per heavy atom. The van der Waals surface area contributed by atoms with E-state index in [4.69, 9.17) is 5.11 Å². The van der Waals surface area contributed by atoms with Crippen LogP contribution < -0.4 is 5.32 Å². The van der Waals surface area contributed by atoms with Crippen molar-refractivity contribution in [3.63, 3.8) is 0 Å². The summed E-state index contributed by atoms with van der Waals surface area (Å²) in [5.74, 6) is -0.609. The van der Waals surface area contributed by atoms with Crippen LogP contribution in [0.25, 0.3) is 0 Å². The minimum absolute atomic E-state index is 0.272. The van der Waals surface area contributed by atoms with Crippen LogP contribution in [0.1, 0.15) is 96.8 Å². The summed E-state index contributed by atoms with van der Waals surface area (Å²) in [4.78, 5) is 22.9. The molecule has 0 aliphatic carbocycles. The summed E-state index contributed by atoms with van der Waals surface area (Å²) >= 11 is 0. The van der Waals surface area contributed by atoms with E-state index in [0.29, 0.717) is 0 Å². The Labute approximate surface area is 200 Å². The van der Waals surface area contributed by atoms with Gasteiger partial charge in [-0.25, -0.2) is 0 Å². The second kappa shape index (κ2) is 22.3. The molecule has 0 aliphatic rings. The van der Waals surface area contributed by atoms with E-state index in [-0.39, 0.29) is 6.29 Å². The molecule has 0 heterocycles. The molecular formula is C26H47NO6. The summed E-state index contributed by atoms with van der Waals surface area (Å²) < 4.78 is 0. The molecule has 7 heteroatoms. The predicted octanol–water partition coefficient (Wildman–Crippen LogP) is 3.34. The molecule has 192 valence electrons. The number of carbonyl (C=O) groups excluding carboxylic acids is 2. The zero-order valence-corrected chi connectivity index (χ0v) is 20.4. The number of aldehydes is 1. The van der Waals surface area contributed by atoms with E-state index in [1.807, 2.05) is 6.08 Å². The van der Waals surface area contributed by atoms with E-state index in [1.54, 1.807) is 12.2 Å². The molecule has 0 fully saturated rings. The van der Waals surface area contributed by atoms with Crippen molar-refractivity contribution in [1.82, 2.24) is 5.32 Å². The summed E-state index contributed by atoms with van der Waals surface area (Å²) in [6.45, 7) is 1.47. The second-order valence-corrected chi connectivity index (χ2v) is 8.72. The molecule has 0 unspecified atom stereocenters. The number of amides is 1. The van der Waals surface area contributed by atoms with Crippen LogP contribution in [0.2, 0.25) is 0 Å². The number of allylic oxidation sites excluding steroid dienone is 3. The maximum atomic E-state index is 11.8. The fourth-order valence-electron chi connectivity index (χ4n) is 3.56. The van der Waals surface area contributed by atoms with Gasteiger partial charge in [-0.05, 0) is 12.8 Å². The molecule has 0 aliphatic heterocycles. The fourth-order valence-corrected chi connectivity index (χ4v) is 3.56. The third-order valence-corrected chi connectivity index (χ3v) is 5.72. The largest absolute Gasteiger partial charge is 0.394 e. The SMILES string of the molecule is CCCCCCCCCCCCCCCC=CC=CC(=O)N[C@@H](C=O)[C@@H](O)[C@H](O)[C@H](O)CO. The minimum Gasteiger partial charge on any atom is -0.394 e. The van der Waals surface area contributed by atoms with Gasteiger partial charge in [-0.15, -0.1) is 0 Å². The maximum Gasteiger partial charge on any atom is 0.244 e. The van der Waals surface area contributed by atoms with Crippen LogP contribution in [0.15, 0.2) is 24.3 Å². The molecule has 0 aromatic heterocycles. The second-order valence-electron chi connectivity index (χ2n) is 8.72. The number of rotatable bonds is 22. The van der Waals surface area contributed by atoms with Gasteiger partial charge in [-0.2, -0.15) is 0 Å². The highest BCUT2D eigenvalue weighted by atomic mass is 16.4. The highest BCUT2D eigenvalue weighted by molar-refractivity contribution is 5.89. The lowest BCUT2D eigenvalue weighted by Gasteiger charge is -2.25. The van der Waals surface area contributed by atoms with E-state index in [0.717, 1.165) is 12.8 Å². The molecule has 0 saturated heterocycles. The number of aliphatic hydroxyl groups is 4. The molecule has 1 amide bonds. The summed E-state index contributed by atoms with van der Waals surface area (Å²) in [5, 5.41) is 39.8. The number of carbonyl (C=O) groups is 2. The van der Waals surface area contributed by atoms with Crippen LogP contribution in [0.3, 0.4) is 0 Å². The lowest BCUT2D eigenvalue weighted by Crippen LogP contribution is -2.53. The lowest BCUT2D eigenvalue weighted by atomic mass is 10.0. The van der Waals surface area contributed by atoms with Gasteiger partial charge in [0, 0.05) is 6.08 Å². The summed E-state index contributed by atoms with van der Waals surface area (Å²) in [7, 11) is 0. The number of hydrogen-bond donors (Lipinski definition) is 5. The van der Waals surface area contributed by atoms with E-state index in [9.17, 15) is 24.9 Å². The Morgan fingerprint density at radius 2 is 1.30 bits per heavy atom. The van der Waals surface area contributed by atoms with E-state index in [1.165, 1.54) is 83.1 Å². The molecule has 0 aromatic rings. The summed E-state index contributed by atoms with van der Waals surface area (Å²) in [6, 6.07) is -1.40. The van der Waals surface area contributed by atoms with E-state index >= 15 is 0 Å². The minimum atomic E-state index is -1.75. The standard InChI is InChI=1S/C26H47NO6/c1-2-3-4-5-6-7-8-9-10-11-12-13-14-15-16-17-18-19-24(31)27-22(20-28)25(32)26(33)23(30)21-29/h16-20,22-23,25-26,29-30,32-33H,2-15,21H2,1H3,(H,27,31)/t22-,23+,25+,26+/m0/s1. The first kappa shape index (κ1) is 31.5. The first-order chi connectivity index (χ1) is 16.0. The Bertz CT molecular complexity index is 537. The average Bonchev–Trinajstić information content (AvgIpc) is 2.82. The van der Waals surface area contributed by atoms with Crippen LogP contribution in [0.5, 0.6) is 0 Å². The Morgan fingerprint density at radius 3 is 1.79 bits per heavy atom. The average molecular weight is 470 g/mol. The van der Waals surface area contributed by atoms with Gasteiger partial charge in [0.2, 0.25) is 5.91 Å². The fraction of sp³-hybridized carbons (Fsp3) is 0.769. The molecule has 5 N–H and O–H groups in total. The van der Waals surface area contributed by atoms with Crippen LogP contribution in [0, 0.1) is 0 Å². The van der Waals surface area contributed by atoms with Crippen LogP contribution >= 0.6 is 0 Å². The third kappa shape index (κ3) is 17.6. The topological polar surface area (TPSA) is 127 Å². The zero-order valence-electron chi connectivity index (χ0n) is 20.4. The third-order valence-electron chi connectivity index (χ3n) is 5.72. The molecule has 0 radical (unpaired) electrons. The Balaban J connectivity index is 3.77. The Hall–Kier alpha value is -1.54. The van der Waals surface area contributed by atoms with Gasteiger partial charge in [0.1, 0.15) is 30.6 Å². The van der Waals surface area contributed by atoms with Crippen LogP contribution in [0.4, 0.5) is 0 Å². The van der Waals surface area contributed by atoms with Gasteiger partial charge in [0.05, 0.1) is 6.61 Å². The summed E-state index contributed by atoms with van der Waals surface area (Å²) in [5.41, 5.74) is 0. The molecule has 0 rings (SSSR count). The zero-order chi connectivity index (χ0) is 24.7. The van der Waals surface area contributed by atoms with Gasteiger partial charge in [-0.1, -0.05) is 102 Å². The molecule has 4 atom stereocenters. The summed E-state index contributed by atoms with van der Waals surface area (Å²) in [6.07, 6.45) is 19.8. The first-order valence-electron chi connectivity index (χ1n) is 12.7. The van der Waals surface area contributed by atoms with Crippen molar-refractivity contribution in [2.24, 2.45) is 0 Å². The molecule has 0 saturated carbocycles. The molecule has 0 aromatic carbocycles. The van der Waals surface area contributed by atoms with Gasteiger partial charge in [0.15, 0.2) is 0 Å². The number of aliphatic hydroxyl groups excluding tert-OH is 4. The molecular weight excluding hydrogens is 422 g/mol. The molecule has 0 bridgehead atoms. The highest BCUT2D eigenvalue weighted by Gasteiger charge is 2.31. The molecule has 7 nitrogen and oxygen atoms in total. The van der Waals surface area contributed by atoms with Crippen molar-refractivity contribution < 1.29 is 30.0 Å². The van der Waals surface area contributed by atoms with Gasteiger partial charge in [0.25, 0.3) is 0 Å². The van der Waals surface area contributed by atoms with Crippen LogP contribution in [-0.4, -0.2) is 63.6 Å². The molecule has 33 heavy (non-hydrogen) atoms. The molecule has 0 spiro atoms. The van der Waals surface area contributed by atoms with E-state index in [2.05, 4.69) is 12.2 Å². The first-order valence-corrected chi connectivity index (χ1v) is 12.7.